The summed E-state index contributed by atoms with van der Waals surface area (Å²) in [6, 6.07) is 15.7. The molecule has 2 aromatic heterocycles. The lowest BCUT2D eigenvalue weighted by Gasteiger charge is -2.09. The Kier molecular flexibility index (Phi) is 5.20. The number of nitrogens with zero attached hydrogens (tertiary/aromatic N) is 2. The van der Waals surface area contributed by atoms with Crippen molar-refractivity contribution in [3.63, 3.8) is 0 Å². The van der Waals surface area contributed by atoms with Crippen molar-refractivity contribution >= 4 is 28.4 Å². The number of halogens is 1. The van der Waals surface area contributed by atoms with Crippen molar-refractivity contribution in [2.75, 3.05) is 11.9 Å². The molecule has 3 N–H and O–H groups in total. The third kappa shape index (κ3) is 4.40. The lowest BCUT2D eigenvalue weighted by atomic mass is 10.1. The molecule has 0 bridgehead atoms. The predicted molar refractivity (Wildman–Crippen MR) is 111 cm³/mol. The Bertz CT molecular complexity index is 1170. The fourth-order valence-electron chi connectivity index (χ4n) is 3.18. The summed E-state index contributed by atoms with van der Waals surface area (Å²) in [5.41, 5.74) is 3.64. The van der Waals surface area contributed by atoms with Crippen LogP contribution >= 0.6 is 0 Å². The van der Waals surface area contributed by atoms with E-state index in [0.717, 1.165) is 16.5 Å². The molecular weight excluding hydrogens is 369 g/mol. The smallest absolute Gasteiger partial charge is 0.270 e. The van der Waals surface area contributed by atoms with Crippen molar-refractivity contribution < 1.29 is 9.18 Å². The van der Waals surface area contributed by atoms with Crippen molar-refractivity contribution in [3.05, 3.63) is 83.6 Å². The summed E-state index contributed by atoms with van der Waals surface area (Å²) in [7, 11) is 0. The summed E-state index contributed by atoms with van der Waals surface area (Å²) in [6.45, 7) is 2.26. The molecule has 146 valence electrons. The van der Waals surface area contributed by atoms with Gasteiger partial charge in [-0.15, -0.1) is 0 Å². The second-order valence-corrected chi connectivity index (χ2v) is 6.72. The van der Waals surface area contributed by atoms with Gasteiger partial charge in [-0.05, 0) is 49.2 Å². The van der Waals surface area contributed by atoms with Crippen LogP contribution in [0, 0.1) is 12.7 Å². The van der Waals surface area contributed by atoms with E-state index in [1.807, 2.05) is 24.4 Å². The molecule has 0 spiro atoms. The van der Waals surface area contributed by atoms with Gasteiger partial charge in [0.1, 0.15) is 11.5 Å². The zero-order valence-electron chi connectivity index (χ0n) is 15.9. The number of carbonyl (C=O) groups is 1. The van der Waals surface area contributed by atoms with Gasteiger partial charge in [0, 0.05) is 35.0 Å². The molecule has 0 aliphatic carbocycles. The Labute approximate surface area is 167 Å². The summed E-state index contributed by atoms with van der Waals surface area (Å²) in [5.74, 6) is -0.395. The number of nitrogens with one attached hydrogen (secondary N) is 3. The van der Waals surface area contributed by atoms with Crippen LogP contribution in [0.4, 0.5) is 16.0 Å². The van der Waals surface area contributed by atoms with Gasteiger partial charge in [0.25, 0.3) is 5.91 Å². The SMILES string of the molecule is Cc1cc(C(=O)NCCc2c[nH]c3ccccc23)nc(Nc2cccc(F)c2)n1. The van der Waals surface area contributed by atoms with Crippen LogP contribution in [0.1, 0.15) is 21.7 Å². The van der Waals surface area contributed by atoms with Gasteiger partial charge in [0.2, 0.25) is 5.95 Å². The molecule has 0 aliphatic rings. The molecule has 0 saturated carbocycles. The molecule has 7 heteroatoms. The molecule has 0 saturated heterocycles. The van der Waals surface area contributed by atoms with Gasteiger partial charge in [0.05, 0.1) is 0 Å². The first-order chi connectivity index (χ1) is 14.1. The predicted octanol–water partition coefficient (Wildman–Crippen LogP) is 4.12. The van der Waals surface area contributed by atoms with Crippen molar-refractivity contribution in [1.82, 2.24) is 20.3 Å². The van der Waals surface area contributed by atoms with Crippen molar-refractivity contribution in [2.24, 2.45) is 0 Å². The van der Waals surface area contributed by atoms with Crippen LogP contribution in [0.2, 0.25) is 0 Å². The molecule has 29 heavy (non-hydrogen) atoms. The molecule has 0 atom stereocenters. The zero-order valence-corrected chi connectivity index (χ0v) is 15.9. The summed E-state index contributed by atoms with van der Waals surface area (Å²) < 4.78 is 13.4. The van der Waals surface area contributed by atoms with Crippen LogP contribution in [0.15, 0.2) is 60.8 Å². The monoisotopic (exact) mass is 389 g/mol. The van der Waals surface area contributed by atoms with Gasteiger partial charge >= 0.3 is 0 Å². The number of rotatable bonds is 6. The summed E-state index contributed by atoms with van der Waals surface area (Å²) in [4.78, 5) is 24.3. The molecule has 1 amide bonds. The second kappa shape index (κ2) is 8.10. The maximum absolute atomic E-state index is 13.4. The van der Waals surface area contributed by atoms with Crippen molar-refractivity contribution in [1.29, 1.82) is 0 Å². The highest BCUT2D eigenvalue weighted by Crippen LogP contribution is 2.18. The number of aryl methyl sites for hydroxylation is 1. The van der Waals surface area contributed by atoms with Gasteiger partial charge in [-0.2, -0.15) is 0 Å². The minimum absolute atomic E-state index is 0.248. The molecule has 2 heterocycles. The van der Waals surface area contributed by atoms with E-state index in [9.17, 15) is 9.18 Å². The van der Waals surface area contributed by atoms with Gasteiger partial charge in [-0.25, -0.2) is 14.4 Å². The fraction of sp³-hybridized carbons (Fsp3) is 0.136. The molecule has 0 unspecified atom stereocenters. The van der Waals surface area contributed by atoms with Crippen molar-refractivity contribution in [2.45, 2.75) is 13.3 Å². The first kappa shape index (κ1) is 18.6. The number of anilines is 2. The Balaban J connectivity index is 1.42. The zero-order chi connectivity index (χ0) is 20.2. The Hall–Kier alpha value is -3.74. The molecule has 0 radical (unpaired) electrons. The van der Waals surface area contributed by atoms with E-state index in [1.165, 1.54) is 12.1 Å². The number of benzene rings is 2. The highest BCUT2D eigenvalue weighted by atomic mass is 19.1. The second-order valence-electron chi connectivity index (χ2n) is 6.72. The lowest BCUT2D eigenvalue weighted by Crippen LogP contribution is -2.27. The fourth-order valence-corrected chi connectivity index (χ4v) is 3.18. The topological polar surface area (TPSA) is 82.7 Å². The van der Waals surface area contributed by atoms with E-state index >= 15 is 0 Å². The average Bonchev–Trinajstić information content (AvgIpc) is 3.11. The van der Waals surface area contributed by atoms with Crippen LogP contribution in [0.25, 0.3) is 10.9 Å². The van der Waals surface area contributed by atoms with E-state index in [0.29, 0.717) is 24.3 Å². The molecule has 4 aromatic rings. The third-order valence-electron chi connectivity index (χ3n) is 4.52. The van der Waals surface area contributed by atoms with Crippen molar-refractivity contribution in [3.8, 4) is 0 Å². The summed E-state index contributed by atoms with van der Waals surface area (Å²) in [6.07, 6.45) is 2.67. The molecule has 6 nitrogen and oxygen atoms in total. The number of fused-ring (bicyclic) bond motifs is 1. The number of aromatic nitrogens is 3. The van der Waals surface area contributed by atoms with E-state index in [-0.39, 0.29) is 23.4 Å². The Morgan fingerprint density at radius 3 is 2.83 bits per heavy atom. The summed E-state index contributed by atoms with van der Waals surface area (Å²) in [5, 5.41) is 6.99. The van der Waals surface area contributed by atoms with Gasteiger partial charge < -0.3 is 15.6 Å². The van der Waals surface area contributed by atoms with Gasteiger partial charge in [-0.3, -0.25) is 4.79 Å². The lowest BCUT2D eigenvalue weighted by molar-refractivity contribution is 0.0949. The molecule has 4 rings (SSSR count). The average molecular weight is 389 g/mol. The Morgan fingerprint density at radius 2 is 1.97 bits per heavy atom. The highest BCUT2D eigenvalue weighted by molar-refractivity contribution is 5.92. The maximum Gasteiger partial charge on any atom is 0.270 e. The maximum atomic E-state index is 13.4. The number of H-pyrrole nitrogens is 1. The number of hydrogen-bond acceptors (Lipinski definition) is 4. The van der Waals surface area contributed by atoms with Crippen LogP contribution < -0.4 is 10.6 Å². The van der Waals surface area contributed by atoms with Gasteiger partial charge in [0.15, 0.2) is 0 Å². The van der Waals surface area contributed by atoms with E-state index in [4.69, 9.17) is 0 Å². The molecule has 0 fully saturated rings. The number of amides is 1. The normalized spacial score (nSPS) is 10.8. The number of para-hydroxylation sites is 1. The first-order valence-electron chi connectivity index (χ1n) is 9.30. The van der Waals surface area contributed by atoms with E-state index in [2.05, 4.69) is 31.7 Å². The van der Waals surface area contributed by atoms with Crippen LogP contribution in [0.5, 0.6) is 0 Å². The third-order valence-corrected chi connectivity index (χ3v) is 4.52. The van der Waals surface area contributed by atoms with E-state index < -0.39 is 0 Å². The van der Waals surface area contributed by atoms with E-state index in [1.54, 1.807) is 25.1 Å². The number of carbonyl (C=O) groups excluding carboxylic acids is 1. The van der Waals surface area contributed by atoms with Crippen LogP contribution in [-0.4, -0.2) is 27.4 Å². The molecule has 2 aromatic carbocycles. The van der Waals surface area contributed by atoms with Crippen LogP contribution in [-0.2, 0) is 6.42 Å². The largest absolute Gasteiger partial charge is 0.361 e. The number of aromatic amines is 1. The van der Waals surface area contributed by atoms with Crippen LogP contribution in [0.3, 0.4) is 0 Å². The standard InChI is InChI=1S/C22H20FN5O/c1-14-11-20(28-22(26-14)27-17-6-4-5-16(23)12-17)21(29)24-10-9-15-13-25-19-8-3-2-7-18(15)19/h2-8,11-13,25H,9-10H2,1H3,(H,24,29)(H,26,27,28). The van der Waals surface area contributed by atoms with Gasteiger partial charge in [-0.1, -0.05) is 24.3 Å². The minimum Gasteiger partial charge on any atom is -0.361 e. The highest BCUT2D eigenvalue weighted by Gasteiger charge is 2.11. The Morgan fingerprint density at radius 1 is 1.10 bits per heavy atom. The molecular formula is C22H20FN5O. The minimum atomic E-state index is -0.363. The molecule has 0 aliphatic heterocycles. The summed E-state index contributed by atoms with van der Waals surface area (Å²) >= 11 is 0. The quantitative estimate of drug-likeness (QED) is 0.463. The number of hydrogen-bond donors (Lipinski definition) is 3. The first-order valence-corrected chi connectivity index (χ1v) is 9.30.